The third-order valence-electron chi connectivity index (χ3n) is 3.64. The van der Waals surface area contributed by atoms with E-state index in [1.807, 2.05) is 0 Å². The lowest BCUT2D eigenvalue weighted by atomic mass is 10.0. The number of benzene rings is 1. The smallest absolute Gasteiger partial charge is 0.0232 e. The molecule has 2 nitrogen and oxygen atoms in total. The van der Waals surface area contributed by atoms with Crippen molar-refractivity contribution in [3.05, 3.63) is 34.9 Å². The minimum atomic E-state index is 0.546. The summed E-state index contributed by atoms with van der Waals surface area (Å²) < 4.78 is 0. The number of fused-ring (bicyclic) bond motifs is 1. The van der Waals surface area contributed by atoms with Crippen LogP contribution in [0.4, 0.5) is 0 Å². The topological polar surface area (TPSA) is 15.3 Å². The molecule has 0 amide bonds. The number of aryl methyl sites for hydroxylation is 2. The molecule has 2 heteroatoms. The van der Waals surface area contributed by atoms with Crippen LogP contribution in [-0.2, 0) is 19.3 Å². The van der Waals surface area contributed by atoms with E-state index in [1.54, 1.807) is 11.1 Å². The summed E-state index contributed by atoms with van der Waals surface area (Å²) in [6, 6.07) is 7.61. The lowest BCUT2D eigenvalue weighted by molar-refractivity contribution is 0.346. The fraction of sp³-hybridized carbons (Fsp3) is 0.600. The molecule has 0 aromatic heterocycles. The van der Waals surface area contributed by atoms with Crippen LogP contribution in [0.15, 0.2) is 18.2 Å². The van der Waals surface area contributed by atoms with Crippen LogP contribution in [0.1, 0.15) is 23.1 Å². The van der Waals surface area contributed by atoms with Crippen molar-refractivity contribution in [3.8, 4) is 0 Å². The fourth-order valence-corrected chi connectivity index (χ4v) is 2.74. The van der Waals surface area contributed by atoms with Crippen molar-refractivity contribution in [2.75, 3.05) is 27.7 Å². The van der Waals surface area contributed by atoms with Crippen LogP contribution in [0.3, 0.4) is 0 Å². The fourth-order valence-electron chi connectivity index (χ4n) is 2.74. The molecular weight excluding hydrogens is 208 g/mol. The second-order valence-electron chi connectivity index (χ2n) is 5.41. The second-order valence-corrected chi connectivity index (χ2v) is 5.41. The predicted molar refractivity (Wildman–Crippen MR) is 73.6 cm³/mol. The molecule has 1 unspecified atom stereocenters. The molecule has 1 aromatic rings. The zero-order valence-electron chi connectivity index (χ0n) is 11.3. The summed E-state index contributed by atoms with van der Waals surface area (Å²) in [4.78, 5) is 2.24. The number of nitrogens with zero attached hydrogens (tertiary/aromatic N) is 1. The van der Waals surface area contributed by atoms with Crippen LogP contribution in [-0.4, -0.2) is 38.6 Å². The molecule has 94 valence electrons. The molecule has 0 spiro atoms. The molecule has 1 atom stereocenters. The van der Waals surface area contributed by atoms with Crippen LogP contribution >= 0.6 is 0 Å². The zero-order valence-corrected chi connectivity index (χ0v) is 11.3. The maximum atomic E-state index is 3.41. The second kappa shape index (κ2) is 5.65. The van der Waals surface area contributed by atoms with Gasteiger partial charge >= 0.3 is 0 Å². The Morgan fingerprint density at radius 3 is 2.71 bits per heavy atom. The average molecular weight is 232 g/mol. The first-order valence-corrected chi connectivity index (χ1v) is 6.61. The van der Waals surface area contributed by atoms with Gasteiger partial charge < -0.3 is 10.2 Å². The van der Waals surface area contributed by atoms with E-state index >= 15 is 0 Å². The Morgan fingerprint density at radius 1 is 1.24 bits per heavy atom. The van der Waals surface area contributed by atoms with Gasteiger partial charge in [-0.15, -0.1) is 0 Å². The van der Waals surface area contributed by atoms with E-state index < -0.39 is 0 Å². The van der Waals surface area contributed by atoms with Crippen molar-refractivity contribution < 1.29 is 0 Å². The summed E-state index contributed by atoms with van der Waals surface area (Å²) in [5.41, 5.74) is 4.64. The normalized spacial score (nSPS) is 16.2. The minimum absolute atomic E-state index is 0.546. The highest BCUT2D eigenvalue weighted by Crippen LogP contribution is 2.23. The molecule has 0 radical (unpaired) electrons. The van der Waals surface area contributed by atoms with Crippen molar-refractivity contribution in [2.45, 2.75) is 31.7 Å². The van der Waals surface area contributed by atoms with E-state index in [4.69, 9.17) is 0 Å². The Labute approximate surface area is 105 Å². The van der Waals surface area contributed by atoms with Gasteiger partial charge in [-0.25, -0.2) is 0 Å². The molecular formula is C15H24N2. The Hall–Kier alpha value is -0.860. The molecule has 0 fully saturated rings. The first-order valence-electron chi connectivity index (χ1n) is 6.61. The molecule has 1 aliphatic rings. The summed E-state index contributed by atoms with van der Waals surface area (Å²) in [5, 5.41) is 3.41. The standard InChI is InChI=1S/C15H24N2/c1-16-15(11-17(2)3)10-12-7-8-13-5-4-6-14(13)9-12/h7-9,15-16H,4-6,10-11H2,1-3H3. The van der Waals surface area contributed by atoms with Crippen LogP contribution in [0.2, 0.25) is 0 Å². The summed E-state index contributed by atoms with van der Waals surface area (Å²) >= 11 is 0. The molecule has 0 bridgehead atoms. The van der Waals surface area contributed by atoms with Gasteiger partial charge in [0.25, 0.3) is 0 Å². The molecule has 2 rings (SSSR count). The maximum absolute atomic E-state index is 3.41. The van der Waals surface area contributed by atoms with E-state index in [9.17, 15) is 0 Å². The van der Waals surface area contributed by atoms with Crippen LogP contribution < -0.4 is 5.32 Å². The Morgan fingerprint density at radius 2 is 2.00 bits per heavy atom. The van der Waals surface area contributed by atoms with Gasteiger partial charge in [0.1, 0.15) is 0 Å². The summed E-state index contributed by atoms with van der Waals surface area (Å²) in [7, 11) is 6.32. The van der Waals surface area contributed by atoms with Gasteiger partial charge in [-0.2, -0.15) is 0 Å². The van der Waals surface area contributed by atoms with Crippen molar-refractivity contribution in [3.63, 3.8) is 0 Å². The first kappa shape index (κ1) is 12.6. The molecule has 1 aliphatic carbocycles. The van der Waals surface area contributed by atoms with Gasteiger partial charge in [0, 0.05) is 12.6 Å². The van der Waals surface area contributed by atoms with Crippen LogP contribution in [0.5, 0.6) is 0 Å². The Balaban J connectivity index is 2.02. The third kappa shape index (κ3) is 3.30. The SMILES string of the molecule is CNC(Cc1ccc2c(c1)CCC2)CN(C)C. The van der Waals surface area contributed by atoms with Gasteiger partial charge in [0.2, 0.25) is 0 Å². The number of hydrogen-bond acceptors (Lipinski definition) is 2. The number of nitrogens with one attached hydrogen (secondary N) is 1. The third-order valence-corrected chi connectivity index (χ3v) is 3.64. The summed E-state index contributed by atoms with van der Waals surface area (Å²) in [5.74, 6) is 0. The molecule has 17 heavy (non-hydrogen) atoms. The monoisotopic (exact) mass is 232 g/mol. The summed E-state index contributed by atoms with van der Waals surface area (Å²) in [6.07, 6.45) is 5.03. The van der Waals surface area contributed by atoms with E-state index in [2.05, 4.69) is 49.6 Å². The van der Waals surface area contributed by atoms with Gasteiger partial charge in [0.05, 0.1) is 0 Å². The predicted octanol–water partition coefficient (Wildman–Crippen LogP) is 1.87. The van der Waals surface area contributed by atoms with Crippen molar-refractivity contribution in [1.29, 1.82) is 0 Å². The highest BCUT2D eigenvalue weighted by atomic mass is 15.1. The highest BCUT2D eigenvalue weighted by Gasteiger charge is 2.13. The molecule has 0 aliphatic heterocycles. The number of likely N-dealkylation sites (N-methyl/N-ethyl adjacent to an activating group) is 2. The van der Waals surface area contributed by atoms with Crippen molar-refractivity contribution in [1.82, 2.24) is 10.2 Å². The van der Waals surface area contributed by atoms with Gasteiger partial charge in [-0.1, -0.05) is 18.2 Å². The van der Waals surface area contributed by atoms with Gasteiger partial charge in [-0.05, 0) is 63.5 Å². The first-order chi connectivity index (χ1) is 8.19. The lowest BCUT2D eigenvalue weighted by Crippen LogP contribution is -2.37. The van der Waals surface area contributed by atoms with Crippen molar-refractivity contribution >= 4 is 0 Å². The number of hydrogen-bond donors (Lipinski definition) is 1. The highest BCUT2D eigenvalue weighted by molar-refractivity contribution is 5.35. The quantitative estimate of drug-likeness (QED) is 0.834. The van der Waals surface area contributed by atoms with Crippen molar-refractivity contribution in [2.24, 2.45) is 0 Å². The Kier molecular flexibility index (Phi) is 4.19. The maximum Gasteiger partial charge on any atom is 0.0232 e. The van der Waals surface area contributed by atoms with Crippen LogP contribution in [0.25, 0.3) is 0 Å². The molecule has 1 aromatic carbocycles. The van der Waals surface area contributed by atoms with E-state index in [0.29, 0.717) is 6.04 Å². The molecule has 0 saturated carbocycles. The van der Waals surface area contributed by atoms with Gasteiger partial charge in [-0.3, -0.25) is 0 Å². The number of rotatable bonds is 5. The van der Waals surface area contributed by atoms with E-state index in [0.717, 1.165) is 13.0 Å². The lowest BCUT2D eigenvalue weighted by Gasteiger charge is -2.20. The molecule has 0 heterocycles. The van der Waals surface area contributed by atoms with E-state index in [1.165, 1.54) is 24.8 Å². The Bertz CT molecular complexity index is 371. The molecule has 1 N–H and O–H groups in total. The average Bonchev–Trinajstić information content (AvgIpc) is 2.74. The van der Waals surface area contributed by atoms with E-state index in [-0.39, 0.29) is 0 Å². The summed E-state index contributed by atoms with van der Waals surface area (Å²) in [6.45, 7) is 1.09. The van der Waals surface area contributed by atoms with Gasteiger partial charge in [0.15, 0.2) is 0 Å². The largest absolute Gasteiger partial charge is 0.315 e. The minimum Gasteiger partial charge on any atom is -0.315 e. The zero-order chi connectivity index (χ0) is 12.3. The molecule has 0 saturated heterocycles. The van der Waals surface area contributed by atoms with Crippen LogP contribution in [0, 0.1) is 0 Å².